The molecule has 1 aromatic rings. The minimum atomic E-state index is -0.154. The van der Waals surface area contributed by atoms with Crippen LogP contribution in [0.15, 0.2) is 30.3 Å². The monoisotopic (exact) mass is 537 g/mol. The first-order valence-electron chi connectivity index (χ1n) is 14.1. The van der Waals surface area contributed by atoms with Gasteiger partial charge in [-0.3, -0.25) is 0 Å². The third kappa shape index (κ3) is 13.3. The largest absolute Gasteiger partial charge is 1.00 e. The highest BCUT2D eigenvalue weighted by atomic mass is 79.9. The fourth-order valence-corrected chi connectivity index (χ4v) is 5.42. The van der Waals surface area contributed by atoms with Crippen molar-refractivity contribution in [3.05, 3.63) is 35.9 Å². The number of rotatable bonds is 17. The van der Waals surface area contributed by atoms with Gasteiger partial charge in [0.1, 0.15) is 6.10 Å². The van der Waals surface area contributed by atoms with Gasteiger partial charge in [0, 0.05) is 5.92 Å². The quantitative estimate of drug-likeness (QED) is 0.155. The van der Waals surface area contributed by atoms with E-state index in [2.05, 4.69) is 21.0 Å². The standard InChI is InChI=1S/C30H52NO2.BrH/c1-4-5-6-7-8-9-10-11-12-13-14-20-25-31(2,3)26-28-23-18-19-24-29(28)33-30(32)27-21-16-15-17-22-27;/h15-17,21-22,28-29H,4-14,18-20,23-26H2,1-3H3;1H/q+1;/p-1/t28-,29+;/m1./s1. The zero-order chi connectivity index (χ0) is 23.8. The number of halogens is 1. The summed E-state index contributed by atoms with van der Waals surface area (Å²) in [7, 11) is 4.73. The van der Waals surface area contributed by atoms with Gasteiger partial charge < -0.3 is 26.2 Å². The average Bonchev–Trinajstić information content (AvgIpc) is 2.81. The van der Waals surface area contributed by atoms with Crippen LogP contribution in [-0.2, 0) is 4.74 Å². The molecule has 0 saturated heterocycles. The van der Waals surface area contributed by atoms with Crippen molar-refractivity contribution in [3.8, 4) is 0 Å². The summed E-state index contributed by atoms with van der Waals surface area (Å²) in [4.78, 5) is 12.6. The highest BCUT2D eigenvalue weighted by Gasteiger charge is 2.33. The van der Waals surface area contributed by atoms with Crippen LogP contribution in [0.3, 0.4) is 0 Å². The molecule has 0 unspecified atom stereocenters. The van der Waals surface area contributed by atoms with Gasteiger partial charge in [0.05, 0.1) is 32.7 Å². The van der Waals surface area contributed by atoms with E-state index in [-0.39, 0.29) is 29.1 Å². The molecule has 0 aliphatic heterocycles. The Morgan fingerprint density at radius 2 is 1.35 bits per heavy atom. The predicted molar refractivity (Wildman–Crippen MR) is 141 cm³/mol. The number of esters is 1. The van der Waals surface area contributed by atoms with Crippen LogP contribution in [0.25, 0.3) is 0 Å². The van der Waals surface area contributed by atoms with Gasteiger partial charge in [0.2, 0.25) is 0 Å². The molecule has 0 heterocycles. The van der Waals surface area contributed by atoms with Gasteiger partial charge in [-0.2, -0.15) is 0 Å². The van der Waals surface area contributed by atoms with Crippen molar-refractivity contribution < 1.29 is 31.0 Å². The topological polar surface area (TPSA) is 26.3 Å². The highest BCUT2D eigenvalue weighted by molar-refractivity contribution is 5.89. The van der Waals surface area contributed by atoms with Crippen LogP contribution < -0.4 is 17.0 Å². The molecule has 34 heavy (non-hydrogen) atoms. The van der Waals surface area contributed by atoms with Crippen LogP contribution in [0.5, 0.6) is 0 Å². The molecular formula is C30H52BrNO2. The second kappa shape index (κ2) is 18.4. The first kappa shape index (κ1) is 31.2. The zero-order valence-electron chi connectivity index (χ0n) is 22.4. The first-order chi connectivity index (χ1) is 16.0. The van der Waals surface area contributed by atoms with E-state index >= 15 is 0 Å². The average molecular weight is 539 g/mol. The van der Waals surface area contributed by atoms with Gasteiger partial charge in [-0.05, 0) is 44.2 Å². The van der Waals surface area contributed by atoms with Crippen LogP contribution >= 0.6 is 0 Å². The molecule has 2 rings (SSSR count). The van der Waals surface area contributed by atoms with Gasteiger partial charge in [-0.25, -0.2) is 4.79 Å². The van der Waals surface area contributed by atoms with Crippen molar-refractivity contribution in [3.63, 3.8) is 0 Å². The number of quaternary nitrogens is 1. The van der Waals surface area contributed by atoms with E-state index in [4.69, 9.17) is 4.74 Å². The van der Waals surface area contributed by atoms with Gasteiger partial charge in [-0.1, -0.05) is 95.8 Å². The molecule has 1 aromatic carbocycles. The minimum absolute atomic E-state index is 0. The van der Waals surface area contributed by atoms with Gasteiger partial charge in [-0.15, -0.1) is 0 Å². The molecule has 1 saturated carbocycles. The van der Waals surface area contributed by atoms with E-state index < -0.39 is 0 Å². The maximum atomic E-state index is 12.6. The number of nitrogens with zero attached hydrogens (tertiary/aromatic N) is 1. The second-order valence-corrected chi connectivity index (χ2v) is 11.1. The number of carbonyl (C=O) groups is 1. The molecule has 0 bridgehead atoms. The van der Waals surface area contributed by atoms with Crippen LogP contribution in [-0.4, -0.2) is 43.7 Å². The normalized spacial score (nSPS) is 18.3. The van der Waals surface area contributed by atoms with Crippen molar-refractivity contribution in [1.82, 2.24) is 0 Å². The lowest BCUT2D eigenvalue weighted by Gasteiger charge is -2.38. The van der Waals surface area contributed by atoms with Crippen molar-refractivity contribution in [2.75, 3.05) is 27.2 Å². The Hall–Kier alpha value is -0.870. The lowest BCUT2D eigenvalue weighted by Crippen LogP contribution is -3.00. The summed E-state index contributed by atoms with van der Waals surface area (Å²) >= 11 is 0. The van der Waals surface area contributed by atoms with Crippen molar-refractivity contribution in [2.45, 2.75) is 116 Å². The minimum Gasteiger partial charge on any atom is -1.00 e. The SMILES string of the molecule is CCCCCCCCCCCCCC[N+](C)(C)C[C@H]1CCCC[C@@H]1OC(=O)c1ccccc1.[Br-]. The molecule has 0 N–H and O–H groups in total. The molecule has 0 amide bonds. The van der Waals surface area contributed by atoms with Crippen LogP contribution in [0.1, 0.15) is 120 Å². The van der Waals surface area contributed by atoms with Gasteiger partial charge in [0.15, 0.2) is 0 Å². The van der Waals surface area contributed by atoms with E-state index in [1.807, 2.05) is 30.3 Å². The highest BCUT2D eigenvalue weighted by Crippen LogP contribution is 2.29. The molecule has 0 aromatic heterocycles. The number of ether oxygens (including phenoxy) is 1. The third-order valence-corrected chi connectivity index (χ3v) is 7.45. The summed E-state index contributed by atoms with van der Waals surface area (Å²) in [6.45, 7) is 4.63. The summed E-state index contributed by atoms with van der Waals surface area (Å²) < 4.78 is 7.05. The fraction of sp³-hybridized carbons (Fsp3) is 0.767. The Labute approximate surface area is 221 Å². The molecule has 196 valence electrons. The van der Waals surface area contributed by atoms with Crippen LogP contribution in [0.2, 0.25) is 0 Å². The Kier molecular flexibility index (Phi) is 16.9. The third-order valence-electron chi connectivity index (χ3n) is 7.45. The zero-order valence-corrected chi connectivity index (χ0v) is 24.0. The predicted octanol–water partition coefficient (Wildman–Crippen LogP) is 5.18. The molecule has 3 nitrogen and oxygen atoms in total. The molecule has 0 radical (unpaired) electrons. The van der Waals surface area contributed by atoms with E-state index in [1.54, 1.807) is 0 Å². The van der Waals surface area contributed by atoms with Crippen molar-refractivity contribution in [2.24, 2.45) is 5.92 Å². The molecule has 2 atom stereocenters. The number of benzene rings is 1. The van der Waals surface area contributed by atoms with Crippen LogP contribution in [0.4, 0.5) is 0 Å². The molecule has 1 fully saturated rings. The number of unbranched alkanes of at least 4 members (excludes halogenated alkanes) is 11. The fourth-order valence-electron chi connectivity index (χ4n) is 5.42. The summed E-state index contributed by atoms with van der Waals surface area (Å²) in [6, 6.07) is 9.46. The molecular weight excluding hydrogens is 486 g/mol. The number of carbonyl (C=O) groups excluding carboxylic acids is 1. The van der Waals surface area contributed by atoms with Gasteiger partial charge in [0.25, 0.3) is 0 Å². The summed E-state index contributed by atoms with van der Waals surface area (Å²) in [5.41, 5.74) is 0.673. The van der Waals surface area contributed by atoms with E-state index in [0.717, 1.165) is 17.4 Å². The van der Waals surface area contributed by atoms with Crippen LogP contribution in [0, 0.1) is 5.92 Å². The smallest absolute Gasteiger partial charge is 0.338 e. The van der Waals surface area contributed by atoms with E-state index in [1.165, 1.54) is 103 Å². The molecule has 0 spiro atoms. The van der Waals surface area contributed by atoms with Gasteiger partial charge >= 0.3 is 5.97 Å². The second-order valence-electron chi connectivity index (χ2n) is 11.1. The Balaban J connectivity index is 0.00000578. The molecule has 1 aliphatic rings. The molecule has 4 heteroatoms. The number of hydrogen-bond acceptors (Lipinski definition) is 2. The van der Waals surface area contributed by atoms with Crippen molar-refractivity contribution >= 4 is 5.97 Å². The maximum absolute atomic E-state index is 12.6. The lowest BCUT2D eigenvalue weighted by atomic mass is 9.85. The van der Waals surface area contributed by atoms with E-state index in [0.29, 0.717) is 11.5 Å². The Morgan fingerprint density at radius 1 is 0.824 bits per heavy atom. The first-order valence-corrected chi connectivity index (χ1v) is 14.1. The number of hydrogen-bond donors (Lipinski definition) is 0. The Bertz CT molecular complexity index is 634. The Morgan fingerprint density at radius 3 is 1.94 bits per heavy atom. The lowest BCUT2D eigenvalue weighted by molar-refractivity contribution is -0.894. The summed E-state index contributed by atoms with van der Waals surface area (Å²) in [5, 5.41) is 0. The summed E-state index contributed by atoms with van der Waals surface area (Å²) in [5.74, 6) is 0.331. The summed E-state index contributed by atoms with van der Waals surface area (Å²) in [6.07, 6.45) is 21.5. The molecule has 1 aliphatic carbocycles. The van der Waals surface area contributed by atoms with E-state index in [9.17, 15) is 4.79 Å². The maximum Gasteiger partial charge on any atom is 0.338 e. The van der Waals surface area contributed by atoms with Crippen molar-refractivity contribution in [1.29, 1.82) is 0 Å².